The SMILES string of the molecule is O=C([C@H]1C[C@@H]1c1cc(F)ccc1F)N1CCC(C(=O)O)(c2ccccc2)CC1. The number of benzene rings is 2. The molecular formula is C22H21F2NO3. The number of carboxylic acids is 1. The summed E-state index contributed by atoms with van der Waals surface area (Å²) >= 11 is 0. The molecule has 0 spiro atoms. The van der Waals surface area contributed by atoms with Gasteiger partial charge in [0.1, 0.15) is 11.6 Å². The molecule has 146 valence electrons. The molecule has 0 radical (unpaired) electrons. The van der Waals surface area contributed by atoms with Gasteiger partial charge in [-0.25, -0.2) is 8.78 Å². The summed E-state index contributed by atoms with van der Waals surface area (Å²) in [5, 5.41) is 9.86. The number of nitrogens with zero attached hydrogens (tertiary/aromatic N) is 1. The normalized spacial score (nSPS) is 23.3. The highest BCUT2D eigenvalue weighted by atomic mass is 19.1. The first kappa shape index (κ1) is 18.6. The number of piperidine rings is 1. The van der Waals surface area contributed by atoms with Crippen molar-refractivity contribution in [3.05, 3.63) is 71.3 Å². The molecule has 2 fully saturated rings. The van der Waals surface area contributed by atoms with Crippen molar-refractivity contribution >= 4 is 11.9 Å². The number of aliphatic carboxylic acids is 1. The molecule has 1 amide bonds. The Hall–Kier alpha value is -2.76. The topological polar surface area (TPSA) is 57.6 Å². The second-order valence-electron chi connectivity index (χ2n) is 7.69. The third kappa shape index (κ3) is 3.17. The Morgan fingerprint density at radius 3 is 2.36 bits per heavy atom. The molecule has 1 saturated carbocycles. The van der Waals surface area contributed by atoms with Crippen LogP contribution in [0.15, 0.2) is 48.5 Å². The lowest BCUT2D eigenvalue weighted by atomic mass is 9.73. The Labute approximate surface area is 161 Å². The van der Waals surface area contributed by atoms with Crippen molar-refractivity contribution in [3.63, 3.8) is 0 Å². The van der Waals surface area contributed by atoms with Crippen molar-refractivity contribution in [1.82, 2.24) is 4.90 Å². The molecule has 2 aromatic rings. The van der Waals surface area contributed by atoms with Crippen molar-refractivity contribution in [2.45, 2.75) is 30.6 Å². The molecule has 2 aliphatic rings. The molecule has 0 aromatic heterocycles. The molecule has 6 heteroatoms. The standard InChI is InChI=1S/C22H21F2NO3/c23-15-6-7-19(24)17(12-15)16-13-18(16)20(26)25-10-8-22(9-11-25,21(27)28)14-4-2-1-3-5-14/h1-7,12,16,18H,8-11,13H2,(H,27,28)/t16-,18+/m1/s1. The average Bonchev–Trinajstić information content (AvgIpc) is 3.50. The minimum atomic E-state index is -0.990. The molecule has 1 heterocycles. The van der Waals surface area contributed by atoms with E-state index in [1.165, 1.54) is 0 Å². The summed E-state index contributed by atoms with van der Waals surface area (Å²) in [4.78, 5) is 26.5. The van der Waals surface area contributed by atoms with Gasteiger partial charge in [0.05, 0.1) is 5.41 Å². The highest BCUT2D eigenvalue weighted by Crippen LogP contribution is 2.50. The summed E-state index contributed by atoms with van der Waals surface area (Å²) in [5.41, 5.74) is 0.00982. The van der Waals surface area contributed by atoms with Crippen LogP contribution < -0.4 is 0 Å². The maximum absolute atomic E-state index is 14.0. The minimum absolute atomic E-state index is 0.0966. The zero-order valence-electron chi connectivity index (χ0n) is 15.3. The van der Waals surface area contributed by atoms with Crippen molar-refractivity contribution in [2.24, 2.45) is 5.92 Å². The second-order valence-corrected chi connectivity index (χ2v) is 7.69. The zero-order chi connectivity index (χ0) is 19.9. The number of rotatable bonds is 4. The van der Waals surface area contributed by atoms with Crippen LogP contribution >= 0.6 is 0 Å². The van der Waals surface area contributed by atoms with Crippen LogP contribution in [0.5, 0.6) is 0 Å². The van der Waals surface area contributed by atoms with Crippen molar-refractivity contribution in [3.8, 4) is 0 Å². The molecule has 2 aromatic carbocycles. The number of carbonyl (C=O) groups excluding carboxylic acids is 1. The first-order chi connectivity index (χ1) is 13.4. The van der Waals surface area contributed by atoms with E-state index in [1.807, 2.05) is 30.3 Å². The molecule has 4 nitrogen and oxygen atoms in total. The van der Waals surface area contributed by atoms with Gasteiger partial charge in [-0.05, 0) is 54.5 Å². The van der Waals surface area contributed by atoms with Gasteiger partial charge in [0, 0.05) is 19.0 Å². The molecule has 2 atom stereocenters. The molecule has 4 rings (SSSR count). The summed E-state index contributed by atoms with van der Waals surface area (Å²) in [6, 6.07) is 12.4. The van der Waals surface area contributed by atoms with Crippen LogP contribution in [0, 0.1) is 17.6 Å². The molecule has 0 unspecified atom stereocenters. The smallest absolute Gasteiger partial charge is 0.314 e. The van der Waals surface area contributed by atoms with E-state index in [2.05, 4.69) is 0 Å². The van der Waals surface area contributed by atoms with Crippen LogP contribution in [0.25, 0.3) is 0 Å². The maximum Gasteiger partial charge on any atom is 0.314 e. The van der Waals surface area contributed by atoms with Gasteiger partial charge in [-0.2, -0.15) is 0 Å². The van der Waals surface area contributed by atoms with Gasteiger partial charge in [0.2, 0.25) is 5.91 Å². The lowest BCUT2D eigenvalue weighted by Gasteiger charge is -2.39. The lowest BCUT2D eigenvalue weighted by Crippen LogP contribution is -2.49. The highest BCUT2D eigenvalue weighted by molar-refractivity contribution is 5.85. The largest absolute Gasteiger partial charge is 0.481 e. The number of likely N-dealkylation sites (tertiary alicyclic amines) is 1. The Kier molecular flexibility index (Phi) is 4.65. The zero-order valence-corrected chi connectivity index (χ0v) is 15.3. The monoisotopic (exact) mass is 385 g/mol. The van der Waals surface area contributed by atoms with Gasteiger partial charge < -0.3 is 10.0 Å². The first-order valence-electron chi connectivity index (χ1n) is 9.45. The molecule has 28 heavy (non-hydrogen) atoms. The number of amides is 1. The van der Waals surface area contributed by atoms with Crippen molar-refractivity contribution < 1.29 is 23.5 Å². The van der Waals surface area contributed by atoms with Gasteiger partial charge in [0.25, 0.3) is 0 Å². The van der Waals surface area contributed by atoms with Crippen LogP contribution in [0.1, 0.15) is 36.3 Å². The lowest BCUT2D eigenvalue weighted by molar-refractivity contribution is -0.148. The molecule has 1 aliphatic carbocycles. The Balaban J connectivity index is 1.45. The van der Waals surface area contributed by atoms with E-state index in [0.29, 0.717) is 32.4 Å². The van der Waals surface area contributed by atoms with Crippen LogP contribution in [0.3, 0.4) is 0 Å². The number of carboxylic acid groups (broad SMARTS) is 1. The van der Waals surface area contributed by atoms with Gasteiger partial charge >= 0.3 is 5.97 Å². The van der Waals surface area contributed by atoms with E-state index in [1.54, 1.807) is 4.90 Å². The molecule has 1 aliphatic heterocycles. The van der Waals surface area contributed by atoms with Gasteiger partial charge in [-0.3, -0.25) is 9.59 Å². The predicted octanol–water partition coefficient (Wildman–Crippen LogP) is 3.71. The predicted molar refractivity (Wildman–Crippen MR) is 98.8 cm³/mol. The maximum atomic E-state index is 14.0. The Morgan fingerprint density at radius 1 is 1.04 bits per heavy atom. The third-order valence-electron chi connectivity index (χ3n) is 6.13. The van der Waals surface area contributed by atoms with E-state index < -0.39 is 23.0 Å². The second kappa shape index (κ2) is 7.00. The van der Waals surface area contributed by atoms with Crippen molar-refractivity contribution in [1.29, 1.82) is 0 Å². The number of hydrogen-bond acceptors (Lipinski definition) is 2. The van der Waals surface area contributed by atoms with E-state index in [4.69, 9.17) is 0 Å². The van der Waals surface area contributed by atoms with Crippen LogP contribution in [0.2, 0.25) is 0 Å². The molecular weight excluding hydrogens is 364 g/mol. The van der Waals surface area contributed by atoms with E-state index in [-0.39, 0.29) is 23.3 Å². The fourth-order valence-corrected chi connectivity index (χ4v) is 4.34. The van der Waals surface area contributed by atoms with E-state index in [9.17, 15) is 23.5 Å². The summed E-state index contributed by atoms with van der Waals surface area (Å²) in [5.74, 6) is -2.64. The highest BCUT2D eigenvalue weighted by Gasteiger charge is 2.50. The summed E-state index contributed by atoms with van der Waals surface area (Å²) in [7, 11) is 0. The van der Waals surface area contributed by atoms with E-state index in [0.717, 1.165) is 23.8 Å². The number of carbonyl (C=O) groups is 2. The first-order valence-corrected chi connectivity index (χ1v) is 9.45. The summed E-state index contributed by atoms with van der Waals surface area (Å²) in [6.45, 7) is 0.684. The van der Waals surface area contributed by atoms with Crippen LogP contribution in [-0.4, -0.2) is 35.0 Å². The molecule has 0 bridgehead atoms. The van der Waals surface area contributed by atoms with Crippen LogP contribution in [0.4, 0.5) is 8.78 Å². The summed E-state index contributed by atoms with van der Waals surface area (Å²) < 4.78 is 27.4. The summed E-state index contributed by atoms with van der Waals surface area (Å²) in [6.07, 6.45) is 1.17. The number of hydrogen-bond donors (Lipinski definition) is 1. The van der Waals surface area contributed by atoms with E-state index >= 15 is 0 Å². The van der Waals surface area contributed by atoms with Crippen molar-refractivity contribution in [2.75, 3.05) is 13.1 Å². The molecule has 1 saturated heterocycles. The Bertz CT molecular complexity index is 907. The van der Waals surface area contributed by atoms with Gasteiger partial charge in [-0.1, -0.05) is 30.3 Å². The third-order valence-corrected chi connectivity index (χ3v) is 6.13. The average molecular weight is 385 g/mol. The quantitative estimate of drug-likeness (QED) is 0.873. The van der Waals surface area contributed by atoms with Crippen LogP contribution in [-0.2, 0) is 15.0 Å². The number of halogens is 2. The fourth-order valence-electron chi connectivity index (χ4n) is 4.34. The Morgan fingerprint density at radius 2 is 1.71 bits per heavy atom. The van der Waals surface area contributed by atoms with Gasteiger partial charge in [-0.15, -0.1) is 0 Å². The van der Waals surface area contributed by atoms with Gasteiger partial charge in [0.15, 0.2) is 0 Å². The minimum Gasteiger partial charge on any atom is -0.481 e. The molecule has 1 N–H and O–H groups in total. The fraction of sp³-hybridized carbons (Fsp3) is 0.364.